The summed E-state index contributed by atoms with van der Waals surface area (Å²) in [4.78, 5) is 0.167. The molecule has 0 amide bonds. The van der Waals surface area contributed by atoms with Crippen molar-refractivity contribution in [1.29, 1.82) is 0 Å². The quantitative estimate of drug-likeness (QED) is 0.793. The third kappa shape index (κ3) is 4.05. The first-order valence-electron chi connectivity index (χ1n) is 6.43. The van der Waals surface area contributed by atoms with Gasteiger partial charge in [0.2, 0.25) is 10.0 Å². The van der Waals surface area contributed by atoms with Crippen LogP contribution in [0.5, 0.6) is 0 Å². The molecule has 1 saturated heterocycles. The average Bonchev–Trinajstić information content (AvgIpc) is 2.97. The molecule has 0 radical (unpaired) electrons. The van der Waals surface area contributed by atoms with Gasteiger partial charge in [0, 0.05) is 18.7 Å². The van der Waals surface area contributed by atoms with Crippen LogP contribution in [0, 0.1) is 11.8 Å². The monoisotopic (exact) mass is 295 g/mol. The molecule has 1 aliphatic rings. The summed E-state index contributed by atoms with van der Waals surface area (Å²) in [6.45, 7) is 0.724. The summed E-state index contributed by atoms with van der Waals surface area (Å²) >= 11 is 0. The van der Waals surface area contributed by atoms with Crippen molar-refractivity contribution in [3.63, 3.8) is 0 Å². The highest BCUT2D eigenvalue weighted by atomic mass is 32.2. The molecule has 108 valence electrons. The number of ether oxygens (including phenoxy) is 1. The van der Waals surface area contributed by atoms with Crippen LogP contribution in [0.15, 0.2) is 29.2 Å². The molecule has 0 bridgehead atoms. The van der Waals surface area contributed by atoms with Crippen molar-refractivity contribution in [2.75, 3.05) is 19.8 Å². The Kier molecular flexibility index (Phi) is 5.15. The minimum Gasteiger partial charge on any atom is -0.384 e. The highest BCUT2D eigenvalue weighted by molar-refractivity contribution is 7.89. The van der Waals surface area contributed by atoms with Crippen LogP contribution < -0.4 is 4.72 Å². The molecule has 2 rings (SSSR count). The molecule has 20 heavy (non-hydrogen) atoms. The minimum absolute atomic E-state index is 0.0397. The maximum atomic E-state index is 12.2. The number of rotatable bonds is 4. The Labute approximate surface area is 119 Å². The first kappa shape index (κ1) is 15.0. The predicted octanol–water partition coefficient (Wildman–Crippen LogP) is 0.488. The molecule has 0 aromatic heterocycles. The van der Waals surface area contributed by atoms with Crippen LogP contribution in [0.4, 0.5) is 0 Å². The molecule has 1 heterocycles. The molecule has 6 heteroatoms. The second-order valence-electron chi connectivity index (χ2n) is 4.47. The van der Waals surface area contributed by atoms with Gasteiger partial charge in [-0.2, -0.15) is 0 Å². The number of nitrogens with one attached hydrogen (secondary N) is 1. The molecule has 2 N–H and O–H groups in total. The van der Waals surface area contributed by atoms with Crippen molar-refractivity contribution in [1.82, 2.24) is 4.72 Å². The lowest BCUT2D eigenvalue weighted by atomic mass is 10.2. The summed E-state index contributed by atoms with van der Waals surface area (Å²) in [6, 6.07) is 6.33. The van der Waals surface area contributed by atoms with E-state index in [4.69, 9.17) is 9.84 Å². The zero-order valence-electron chi connectivity index (χ0n) is 11.0. The van der Waals surface area contributed by atoms with E-state index < -0.39 is 10.0 Å². The molecule has 1 aliphatic heterocycles. The van der Waals surface area contributed by atoms with Gasteiger partial charge < -0.3 is 9.84 Å². The Morgan fingerprint density at radius 2 is 2.30 bits per heavy atom. The molecule has 0 aliphatic carbocycles. The number of aliphatic hydroxyl groups excluding tert-OH is 1. The molecule has 1 aromatic carbocycles. The molecule has 1 unspecified atom stereocenters. The lowest BCUT2D eigenvalue weighted by Gasteiger charge is -2.11. The Morgan fingerprint density at radius 1 is 1.45 bits per heavy atom. The minimum atomic E-state index is -3.56. The fraction of sp³-hybridized carbons (Fsp3) is 0.429. The molecule has 5 nitrogen and oxygen atoms in total. The SMILES string of the molecule is O=S(=O)(NCC1CCCO1)c1cccc(C#CCO)c1. The van der Waals surface area contributed by atoms with Gasteiger partial charge in [-0.15, -0.1) is 0 Å². The smallest absolute Gasteiger partial charge is 0.240 e. The standard InChI is InChI=1S/C14H17NO4S/c16-8-2-5-12-4-1-7-14(10-12)20(17,18)15-11-13-6-3-9-19-13/h1,4,7,10,13,15-16H,3,6,8-9,11H2. The van der Waals surface area contributed by atoms with Crippen molar-refractivity contribution < 1.29 is 18.3 Å². The molecule has 1 aromatic rings. The Bertz CT molecular complexity index is 610. The molecule has 0 spiro atoms. The maximum absolute atomic E-state index is 12.2. The van der Waals surface area contributed by atoms with Gasteiger partial charge in [0.05, 0.1) is 11.0 Å². The van der Waals surface area contributed by atoms with Crippen LogP contribution in [-0.4, -0.2) is 39.4 Å². The highest BCUT2D eigenvalue weighted by Crippen LogP contribution is 2.14. The topological polar surface area (TPSA) is 75.6 Å². The van der Waals surface area contributed by atoms with Gasteiger partial charge in [-0.3, -0.25) is 0 Å². The van der Waals surface area contributed by atoms with Gasteiger partial charge >= 0.3 is 0 Å². The predicted molar refractivity (Wildman–Crippen MR) is 74.6 cm³/mol. The summed E-state index contributed by atoms with van der Waals surface area (Å²) in [5.74, 6) is 5.18. The van der Waals surface area contributed by atoms with E-state index >= 15 is 0 Å². The van der Waals surface area contributed by atoms with Gasteiger partial charge in [-0.25, -0.2) is 13.1 Å². The fourth-order valence-electron chi connectivity index (χ4n) is 1.97. The van der Waals surface area contributed by atoms with Gasteiger partial charge in [0.15, 0.2) is 0 Å². The zero-order valence-corrected chi connectivity index (χ0v) is 11.8. The molecule has 1 fully saturated rings. The second-order valence-corrected chi connectivity index (χ2v) is 6.24. The van der Waals surface area contributed by atoms with Crippen LogP contribution in [0.25, 0.3) is 0 Å². The maximum Gasteiger partial charge on any atom is 0.240 e. The van der Waals surface area contributed by atoms with Crippen LogP contribution in [-0.2, 0) is 14.8 Å². The van der Waals surface area contributed by atoms with Crippen LogP contribution in [0.2, 0.25) is 0 Å². The normalized spacial score (nSPS) is 18.6. The van der Waals surface area contributed by atoms with E-state index in [-0.39, 0.29) is 24.2 Å². The number of sulfonamides is 1. The lowest BCUT2D eigenvalue weighted by molar-refractivity contribution is 0.114. The molecular formula is C14H17NO4S. The Morgan fingerprint density at radius 3 is 3.00 bits per heavy atom. The van der Waals surface area contributed by atoms with Gasteiger partial charge in [0.25, 0.3) is 0 Å². The van der Waals surface area contributed by atoms with E-state index in [1.807, 2.05) is 0 Å². The van der Waals surface area contributed by atoms with E-state index in [1.165, 1.54) is 12.1 Å². The van der Waals surface area contributed by atoms with Crippen molar-refractivity contribution in [2.24, 2.45) is 0 Å². The van der Waals surface area contributed by atoms with Crippen molar-refractivity contribution in [3.8, 4) is 11.8 Å². The van der Waals surface area contributed by atoms with Gasteiger partial charge in [-0.05, 0) is 31.0 Å². The fourth-order valence-corrected chi connectivity index (χ4v) is 3.09. The molecular weight excluding hydrogens is 278 g/mol. The summed E-state index contributed by atoms with van der Waals surface area (Å²) in [5.41, 5.74) is 0.555. The lowest BCUT2D eigenvalue weighted by Crippen LogP contribution is -2.31. The van der Waals surface area contributed by atoms with Crippen molar-refractivity contribution in [2.45, 2.75) is 23.8 Å². The zero-order chi connectivity index (χ0) is 14.4. The third-order valence-electron chi connectivity index (χ3n) is 2.98. The average molecular weight is 295 g/mol. The van der Waals surface area contributed by atoms with Crippen LogP contribution >= 0.6 is 0 Å². The first-order valence-corrected chi connectivity index (χ1v) is 7.91. The summed E-state index contributed by atoms with van der Waals surface area (Å²) in [7, 11) is -3.56. The van der Waals surface area contributed by atoms with E-state index in [9.17, 15) is 8.42 Å². The number of hydrogen-bond acceptors (Lipinski definition) is 4. The first-order chi connectivity index (χ1) is 9.62. The highest BCUT2D eigenvalue weighted by Gasteiger charge is 2.20. The number of aliphatic hydroxyl groups is 1. The number of benzene rings is 1. The molecule has 1 atom stereocenters. The largest absolute Gasteiger partial charge is 0.384 e. The summed E-state index contributed by atoms with van der Waals surface area (Å²) < 4.78 is 32.2. The van der Waals surface area contributed by atoms with Crippen molar-refractivity contribution >= 4 is 10.0 Å². The van der Waals surface area contributed by atoms with E-state index in [2.05, 4.69) is 16.6 Å². The Balaban J connectivity index is 2.08. The van der Waals surface area contributed by atoms with E-state index in [0.29, 0.717) is 12.2 Å². The number of hydrogen-bond donors (Lipinski definition) is 2. The summed E-state index contributed by atoms with van der Waals surface area (Å²) in [5, 5.41) is 8.64. The van der Waals surface area contributed by atoms with Crippen LogP contribution in [0.3, 0.4) is 0 Å². The summed E-state index contributed by atoms with van der Waals surface area (Å²) in [6.07, 6.45) is 1.81. The Hall–Kier alpha value is -1.39. The van der Waals surface area contributed by atoms with Crippen LogP contribution in [0.1, 0.15) is 18.4 Å². The van der Waals surface area contributed by atoms with Gasteiger partial charge in [0.1, 0.15) is 6.61 Å². The molecule has 0 saturated carbocycles. The second kappa shape index (κ2) is 6.86. The van der Waals surface area contributed by atoms with E-state index in [1.54, 1.807) is 12.1 Å². The third-order valence-corrected chi connectivity index (χ3v) is 4.40. The van der Waals surface area contributed by atoms with E-state index in [0.717, 1.165) is 12.8 Å². The van der Waals surface area contributed by atoms with Crippen molar-refractivity contribution in [3.05, 3.63) is 29.8 Å². The van der Waals surface area contributed by atoms with Gasteiger partial charge in [-0.1, -0.05) is 17.9 Å².